The summed E-state index contributed by atoms with van der Waals surface area (Å²) in [5.41, 5.74) is 0.947. The SMILES string of the molecule is C=CCN(C(=O)C(C)NC(=O)OC(C)(C)C)C(C(=O)NCCC(=O)OCC)c1ccc(CC)cc1. The minimum atomic E-state index is -1.00. The van der Waals surface area contributed by atoms with Gasteiger partial charge in [0.05, 0.1) is 13.0 Å². The molecule has 0 radical (unpaired) electrons. The molecule has 0 aliphatic carbocycles. The van der Waals surface area contributed by atoms with Crippen molar-refractivity contribution in [3.63, 3.8) is 0 Å². The average Bonchev–Trinajstić information content (AvgIpc) is 2.77. The lowest BCUT2D eigenvalue weighted by Gasteiger charge is -2.33. The molecule has 0 aliphatic rings. The van der Waals surface area contributed by atoms with Gasteiger partial charge >= 0.3 is 12.1 Å². The maximum absolute atomic E-state index is 13.4. The van der Waals surface area contributed by atoms with E-state index in [1.807, 2.05) is 19.1 Å². The zero-order valence-corrected chi connectivity index (χ0v) is 21.7. The van der Waals surface area contributed by atoms with Crippen molar-refractivity contribution in [3.8, 4) is 0 Å². The van der Waals surface area contributed by atoms with Crippen LogP contribution in [0.1, 0.15) is 65.1 Å². The minimum Gasteiger partial charge on any atom is -0.466 e. The third-order valence-electron chi connectivity index (χ3n) is 4.91. The number of hydrogen-bond acceptors (Lipinski definition) is 6. The van der Waals surface area contributed by atoms with Crippen LogP contribution in [0, 0.1) is 0 Å². The number of benzene rings is 1. The highest BCUT2D eigenvalue weighted by Crippen LogP contribution is 2.23. The number of esters is 1. The van der Waals surface area contributed by atoms with Crippen molar-refractivity contribution in [2.45, 2.75) is 72.1 Å². The number of hydrogen-bond donors (Lipinski definition) is 2. The highest BCUT2D eigenvalue weighted by molar-refractivity contribution is 5.92. The predicted octanol–water partition coefficient (Wildman–Crippen LogP) is 3.29. The van der Waals surface area contributed by atoms with Crippen LogP contribution in [0.4, 0.5) is 4.79 Å². The second-order valence-electron chi connectivity index (χ2n) is 8.99. The first-order chi connectivity index (χ1) is 16.4. The van der Waals surface area contributed by atoms with E-state index in [4.69, 9.17) is 9.47 Å². The van der Waals surface area contributed by atoms with Gasteiger partial charge in [0.25, 0.3) is 0 Å². The molecular weight excluding hydrogens is 450 g/mol. The monoisotopic (exact) mass is 489 g/mol. The molecule has 0 fully saturated rings. The van der Waals surface area contributed by atoms with E-state index in [0.717, 1.165) is 12.0 Å². The first kappa shape index (κ1) is 29.7. The van der Waals surface area contributed by atoms with Crippen molar-refractivity contribution in [2.75, 3.05) is 19.7 Å². The normalized spacial score (nSPS) is 12.6. The number of ether oxygens (including phenoxy) is 2. The predicted molar refractivity (Wildman–Crippen MR) is 134 cm³/mol. The Morgan fingerprint density at radius 3 is 2.26 bits per heavy atom. The summed E-state index contributed by atoms with van der Waals surface area (Å²) < 4.78 is 10.1. The molecular formula is C26H39N3O6. The summed E-state index contributed by atoms with van der Waals surface area (Å²) in [5.74, 6) is -1.37. The van der Waals surface area contributed by atoms with Gasteiger partial charge in [-0.1, -0.05) is 37.3 Å². The fourth-order valence-corrected chi connectivity index (χ4v) is 3.28. The first-order valence-electron chi connectivity index (χ1n) is 11.9. The van der Waals surface area contributed by atoms with Crippen LogP contribution in [-0.4, -0.2) is 60.1 Å². The van der Waals surface area contributed by atoms with E-state index in [-0.39, 0.29) is 26.1 Å². The number of carbonyl (C=O) groups is 4. The van der Waals surface area contributed by atoms with Gasteiger partial charge in [-0.25, -0.2) is 4.79 Å². The van der Waals surface area contributed by atoms with E-state index < -0.39 is 41.6 Å². The molecule has 1 aromatic rings. The van der Waals surface area contributed by atoms with E-state index >= 15 is 0 Å². The summed E-state index contributed by atoms with van der Waals surface area (Å²) in [4.78, 5) is 51.9. The first-order valence-corrected chi connectivity index (χ1v) is 11.9. The van der Waals surface area contributed by atoms with Crippen LogP contribution in [0.2, 0.25) is 0 Å². The fourth-order valence-electron chi connectivity index (χ4n) is 3.28. The molecule has 0 aliphatic heterocycles. The molecule has 194 valence electrons. The van der Waals surface area contributed by atoms with Gasteiger partial charge in [-0.3, -0.25) is 14.4 Å². The Bertz CT molecular complexity index is 876. The maximum atomic E-state index is 13.4. The lowest BCUT2D eigenvalue weighted by molar-refractivity contribution is -0.144. The van der Waals surface area contributed by atoms with E-state index in [0.29, 0.717) is 5.56 Å². The molecule has 0 heterocycles. The largest absolute Gasteiger partial charge is 0.466 e. The van der Waals surface area contributed by atoms with Crippen LogP contribution in [0.3, 0.4) is 0 Å². The van der Waals surface area contributed by atoms with Crippen LogP contribution in [0.15, 0.2) is 36.9 Å². The van der Waals surface area contributed by atoms with Crippen LogP contribution < -0.4 is 10.6 Å². The number of nitrogens with zero attached hydrogens (tertiary/aromatic N) is 1. The van der Waals surface area contributed by atoms with Gasteiger partial charge in [0.15, 0.2) is 0 Å². The van der Waals surface area contributed by atoms with Crippen molar-refractivity contribution >= 4 is 23.9 Å². The zero-order valence-electron chi connectivity index (χ0n) is 21.7. The summed E-state index contributed by atoms with van der Waals surface area (Å²) in [6.07, 6.45) is 1.60. The van der Waals surface area contributed by atoms with Gasteiger partial charge < -0.3 is 25.0 Å². The number of rotatable bonds is 12. The minimum absolute atomic E-state index is 0.00702. The summed E-state index contributed by atoms with van der Waals surface area (Å²) in [7, 11) is 0. The Morgan fingerprint density at radius 2 is 1.74 bits per heavy atom. The number of aryl methyl sites for hydroxylation is 1. The summed E-state index contributed by atoms with van der Waals surface area (Å²) >= 11 is 0. The Balaban J connectivity index is 3.19. The van der Waals surface area contributed by atoms with E-state index in [1.54, 1.807) is 39.8 Å². The van der Waals surface area contributed by atoms with Gasteiger partial charge in [0.2, 0.25) is 11.8 Å². The molecule has 0 aromatic heterocycles. The smallest absolute Gasteiger partial charge is 0.408 e. The van der Waals surface area contributed by atoms with Gasteiger partial charge in [0, 0.05) is 13.1 Å². The van der Waals surface area contributed by atoms with E-state index in [2.05, 4.69) is 17.2 Å². The quantitative estimate of drug-likeness (QED) is 0.344. The molecule has 2 N–H and O–H groups in total. The standard InChI is InChI=1S/C26H39N3O6/c1-8-17-29(24(32)18(4)28-25(33)35-26(5,6)7)22(20-13-11-19(9-2)12-14-20)23(31)27-16-15-21(30)34-10-3/h8,11-14,18,22H,1,9-10,15-17H2,2-7H3,(H,27,31)(H,28,33). The third-order valence-corrected chi connectivity index (χ3v) is 4.91. The Kier molecular flexibility index (Phi) is 12.0. The van der Waals surface area contributed by atoms with Crippen molar-refractivity contribution in [1.82, 2.24) is 15.5 Å². The molecule has 0 saturated heterocycles. The van der Waals surface area contributed by atoms with Crippen LogP contribution >= 0.6 is 0 Å². The van der Waals surface area contributed by atoms with Gasteiger partial charge in [-0.15, -0.1) is 6.58 Å². The third kappa shape index (κ3) is 10.2. The molecule has 2 atom stereocenters. The molecule has 9 heteroatoms. The highest BCUT2D eigenvalue weighted by Gasteiger charge is 2.34. The van der Waals surface area contributed by atoms with Gasteiger partial charge in [-0.05, 0) is 52.2 Å². The molecule has 1 aromatic carbocycles. The lowest BCUT2D eigenvalue weighted by Crippen LogP contribution is -2.52. The Labute approximate surface area is 208 Å². The van der Waals surface area contributed by atoms with E-state index in [1.165, 1.54) is 17.9 Å². The van der Waals surface area contributed by atoms with E-state index in [9.17, 15) is 19.2 Å². The molecule has 0 saturated carbocycles. The average molecular weight is 490 g/mol. The fraction of sp³-hybridized carbons (Fsp3) is 0.538. The van der Waals surface area contributed by atoms with Crippen molar-refractivity contribution in [1.29, 1.82) is 0 Å². The maximum Gasteiger partial charge on any atom is 0.408 e. The number of carbonyl (C=O) groups excluding carboxylic acids is 4. The van der Waals surface area contributed by atoms with Crippen LogP contribution in [-0.2, 0) is 30.3 Å². The molecule has 0 spiro atoms. The number of alkyl carbamates (subject to hydrolysis) is 1. The Morgan fingerprint density at radius 1 is 1.11 bits per heavy atom. The molecule has 1 rings (SSSR count). The second kappa shape index (κ2) is 14.1. The summed E-state index contributed by atoms with van der Waals surface area (Å²) in [6.45, 7) is 14.5. The van der Waals surface area contributed by atoms with Crippen LogP contribution in [0.25, 0.3) is 0 Å². The lowest BCUT2D eigenvalue weighted by atomic mass is 10.0. The summed E-state index contributed by atoms with van der Waals surface area (Å²) in [5, 5.41) is 5.25. The molecule has 0 bridgehead atoms. The molecule has 35 heavy (non-hydrogen) atoms. The molecule has 9 nitrogen and oxygen atoms in total. The highest BCUT2D eigenvalue weighted by atomic mass is 16.6. The number of amides is 3. The molecule has 3 amide bonds. The van der Waals surface area contributed by atoms with Gasteiger partial charge in [0.1, 0.15) is 17.7 Å². The van der Waals surface area contributed by atoms with Crippen molar-refractivity contribution in [2.24, 2.45) is 0 Å². The second-order valence-corrected chi connectivity index (χ2v) is 8.99. The topological polar surface area (TPSA) is 114 Å². The Hall–Kier alpha value is -3.36. The van der Waals surface area contributed by atoms with Crippen LogP contribution in [0.5, 0.6) is 0 Å². The van der Waals surface area contributed by atoms with Crippen molar-refractivity contribution < 1.29 is 28.7 Å². The van der Waals surface area contributed by atoms with Gasteiger partial charge in [-0.2, -0.15) is 0 Å². The van der Waals surface area contributed by atoms with Crippen molar-refractivity contribution in [3.05, 3.63) is 48.0 Å². The zero-order chi connectivity index (χ0) is 26.6. The number of nitrogens with one attached hydrogen (secondary N) is 2. The summed E-state index contributed by atoms with van der Waals surface area (Å²) in [6, 6.07) is 5.42. The molecule has 2 unspecified atom stereocenters.